The summed E-state index contributed by atoms with van der Waals surface area (Å²) in [6.07, 6.45) is 0. The SMILES string of the molecule is c1cc(-c2nn[nH]n2)cc(-n2nc3ccccc3n2)c1. The van der Waals surface area contributed by atoms with Gasteiger partial charge in [0, 0.05) is 5.56 Å². The number of rotatable bonds is 2. The van der Waals surface area contributed by atoms with Gasteiger partial charge in [-0.1, -0.05) is 24.3 Å². The number of tetrazole rings is 1. The Labute approximate surface area is 113 Å². The molecule has 7 heteroatoms. The molecule has 0 amide bonds. The van der Waals surface area contributed by atoms with Gasteiger partial charge in [0.05, 0.1) is 5.69 Å². The predicted octanol–water partition coefficient (Wildman–Crippen LogP) is 1.60. The van der Waals surface area contributed by atoms with Gasteiger partial charge in [-0.3, -0.25) is 0 Å². The van der Waals surface area contributed by atoms with Crippen LogP contribution < -0.4 is 0 Å². The van der Waals surface area contributed by atoms with E-state index >= 15 is 0 Å². The minimum Gasteiger partial charge on any atom is -0.177 e. The Bertz CT molecular complexity index is 830. The molecule has 2 aromatic heterocycles. The van der Waals surface area contributed by atoms with Gasteiger partial charge in [0.15, 0.2) is 0 Å². The zero-order valence-corrected chi connectivity index (χ0v) is 10.3. The van der Waals surface area contributed by atoms with E-state index in [1.807, 2.05) is 48.5 Å². The molecule has 2 heterocycles. The van der Waals surface area contributed by atoms with E-state index in [1.165, 1.54) is 0 Å². The quantitative estimate of drug-likeness (QED) is 0.593. The maximum Gasteiger partial charge on any atom is 0.204 e. The summed E-state index contributed by atoms with van der Waals surface area (Å²) in [5.41, 5.74) is 3.43. The fraction of sp³-hybridized carbons (Fsp3) is 0. The zero-order valence-electron chi connectivity index (χ0n) is 10.3. The second-order valence-electron chi connectivity index (χ2n) is 4.26. The highest BCUT2D eigenvalue weighted by molar-refractivity contribution is 5.73. The smallest absolute Gasteiger partial charge is 0.177 e. The van der Waals surface area contributed by atoms with Crippen molar-refractivity contribution in [3.05, 3.63) is 48.5 Å². The van der Waals surface area contributed by atoms with E-state index in [4.69, 9.17) is 0 Å². The summed E-state index contributed by atoms with van der Waals surface area (Å²) >= 11 is 0. The molecule has 0 radical (unpaired) electrons. The summed E-state index contributed by atoms with van der Waals surface area (Å²) in [6, 6.07) is 15.4. The number of aromatic nitrogens is 7. The Morgan fingerprint density at radius 3 is 2.40 bits per heavy atom. The first-order chi connectivity index (χ1) is 9.90. The van der Waals surface area contributed by atoms with Crippen LogP contribution in [-0.4, -0.2) is 35.6 Å². The second kappa shape index (κ2) is 4.23. The standard InChI is InChI=1S/C13H9N7/c1-2-7-12-11(6-1)16-20(17-12)10-5-3-4-9(8-10)13-14-18-19-15-13/h1-8H,(H,14,15,18,19). The lowest BCUT2D eigenvalue weighted by Crippen LogP contribution is -1.98. The number of hydrogen-bond donors (Lipinski definition) is 1. The Balaban J connectivity index is 1.84. The van der Waals surface area contributed by atoms with Crippen LogP contribution in [0.15, 0.2) is 48.5 Å². The Morgan fingerprint density at radius 2 is 1.70 bits per heavy atom. The minimum absolute atomic E-state index is 0.545. The van der Waals surface area contributed by atoms with E-state index in [9.17, 15) is 0 Å². The molecule has 1 N–H and O–H groups in total. The van der Waals surface area contributed by atoms with E-state index < -0.39 is 0 Å². The topological polar surface area (TPSA) is 85.2 Å². The summed E-state index contributed by atoms with van der Waals surface area (Å²) < 4.78 is 0. The Kier molecular flexibility index (Phi) is 2.28. The van der Waals surface area contributed by atoms with Gasteiger partial charge in [-0.15, -0.1) is 20.4 Å². The molecule has 0 atom stereocenters. The number of benzene rings is 2. The molecule has 0 aliphatic heterocycles. The molecule has 2 aromatic carbocycles. The number of H-pyrrole nitrogens is 1. The van der Waals surface area contributed by atoms with E-state index in [0.717, 1.165) is 22.3 Å². The molecule has 4 rings (SSSR count). The number of hydrogen-bond acceptors (Lipinski definition) is 5. The predicted molar refractivity (Wildman–Crippen MR) is 72.0 cm³/mol. The average Bonchev–Trinajstić information content (AvgIpc) is 3.16. The van der Waals surface area contributed by atoms with Crippen LogP contribution >= 0.6 is 0 Å². The third-order valence-corrected chi connectivity index (χ3v) is 2.97. The number of nitrogens with zero attached hydrogens (tertiary/aromatic N) is 6. The summed E-state index contributed by atoms with van der Waals surface area (Å²) in [7, 11) is 0. The molecule has 0 saturated carbocycles. The first kappa shape index (κ1) is 10.8. The van der Waals surface area contributed by atoms with Crippen molar-refractivity contribution in [3.8, 4) is 17.1 Å². The van der Waals surface area contributed by atoms with Crippen molar-refractivity contribution in [2.24, 2.45) is 0 Å². The first-order valence-corrected chi connectivity index (χ1v) is 6.06. The highest BCUT2D eigenvalue weighted by Crippen LogP contribution is 2.18. The number of aromatic amines is 1. The highest BCUT2D eigenvalue weighted by Gasteiger charge is 2.07. The molecule has 0 fully saturated rings. The summed E-state index contributed by atoms with van der Waals surface area (Å²) in [5.74, 6) is 0.545. The molecule has 0 saturated heterocycles. The van der Waals surface area contributed by atoms with Crippen molar-refractivity contribution in [3.63, 3.8) is 0 Å². The van der Waals surface area contributed by atoms with Gasteiger partial charge in [-0.05, 0) is 29.5 Å². The van der Waals surface area contributed by atoms with Crippen LogP contribution in [0, 0.1) is 0 Å². The van der Waals surface area contributed by atoms with Crippen LogP contribution in [0.1, 0.15) is 0 Å². The average molecular weight is 263 g/mol. The van der Waals surface area contributed by atoms with Gasteiger partial charge in [-0.25, -0.2) is 0 Å². The van der Waals surface area contributed by atoms with Crippen LogP contribution in [0.25, 0.3) is 28.1 Å². The van der Waals surface area contributed by atoms with E-state index in [1.54, 1.807) is 4.80 Å². The lowest BCUT2D eigenvalue weighted by molar-refractivity contribution is 0.766. The van der Waals surface area contributed by atoms with Crippen LogP contribution in [0.3, 0.4) is 0 Å². The summed E-state index contributed by atoms with van der Waals surface area (Å²) in [4.78, 5) is 1.61. The van der Waals surface area contributed by atoms with Gasteiger partial charge in [0.1, 0.15) is 11.0 Å². The lowest BCUT2D eigenvalue weighted by Gasteiger charge is -2.00. The van der Waals surface area contributed by atoms with Crippen molar-refractivity contribution in [1.82, 2.24) is 35.6 Å². The fourth-order valence-electron chi connectivity index (χ4n) is 2.03. The third kappa shape index (κ3) is 1.72. The van der Waals surface area contributed by atoms with Gasteiger partial charge in [0.25, 0.3) is 0 Å². The van der Waals surface area contributed by atoms with Crippen molar-refractivity contribution < 1.29 is 0 Å². The monoisotopic (exact) mass is 263 g/mol. The van der Waals surface area contributed by atoms with E-state index in [0.29, 0.717) is 5.82 Å². The molecule has 20 heavy (non-hydrogen) atoms. The van der Waals surface area contributed by atoms with Crippen LogP contribution in [0.4, 0.5) is 0 Å². The molecule has 96 valence electrons. The third-order valence-electron chi connectivity index (χ3n) is 2.97. The zero-order chi connectivity index (χ0) is 13.4. The molecule has 0 spiro atoms. The normalized spacial score (nSPS) is 11.0. The van der Waals surface area contributed by atoms with Gasteiger partial charge in [0.2, 0.25) is 5.82 Å². The highest BCUT2D eigenvalue weighted by atomic mass is 15.5. The largest absolute Gasteiger partial charge is 0.204 e. The Hall–Kier alpha value is -3.09. The molecule has 0 unspecified atom stereocenters. The van der Waals surface area contributed by atoms with Crippen molar-refractivity contribution in [2.45, 2.75) is 0 Å². The lowest BCUT2D eigenvalue weighted by atomic mass is 10.2. The van der Waals surface area contributed by atoms with Crippen LogP contribution in [0.5, 0.6) is 0 Å². The molecule has 4 aromatic rings. The van der Waals surface area contributed by atoms with Crippen LogP contribution in [-0.2, 0) is 0 Å². The second-order valence-corrected chi connectivity index (χ2v) is 4.26. The van der Waals surface area contributed by atoms with Gasteiger partial charge < -0.3 is 0 Å². The molecule has 0 bridgehead atoms. The van der Waals surface area contributed by atoms with Gasteiger partial charge >= 0.3 is 0 Å². The number of fused-ring (bicyclic) bond motifs is 1. The first-order valence-electron chi connectivity index (χ1n) is 6.06. The maximum absolute atomic E-state index is 4.45. The van der Waals surface area contributed by atoms with E-state index in [-0.39, 0.29) is 0 Å². The van der Waals surface area contributed by atoms with Crippen molar-refractivity contribution in [2.75, 3.05) is 0 Å². The molecule has 7 nitrogen and oxygen atoms in total. The molecular formula is C13H9N7. The van der Waals surface area contributed by atoms with Crippen LogP contribution in [0.2, 0.25) is 0 Å². The molecule has 0 aliphatic rings. The fourth-order valence-corrected chi connectivity index (χ4v) is 2.03. The van der Waals surface area contributed by atoms with E-state index in [2.05, 4.69) is 30.8 Å². The maximum atomic E-state index is 4.45. The summed E-state index contributed by atoms with van der Waals surface area (Å²) in [6.45, 7) is 0. The number of nitrogens with one attached hydrogen (secondary N) is 1. The van der Waals surface area contributed by atoms with Gasteiger partial charge in [-0.2, -0.15) is 10.0 Å². The summed E-state index contributed by atoms with van der Waals surface area (Å²) in [5, 5.41) is 22.8. The van der Waals surface area contributed by atoms with Crippen molar-refractivity contribution >= 4 is 11.0 Å². The Morgan fingerprint density at radius 1 is 0.900 bits per heavy atom. The van der Waals surface area contributed by atoms with Crippen molar-refractivity contribution in [1.29, 1.82) is 0 Å². The molecular weight excluding hydrogens is 254 g/mol. The minimum atomic E-state index is 0.545. The molecule has 0 aliphatic carbocycles.